The molecule has 0 fully saturated rings. The van der Waals surface area contributed by atoms with Crippen molar-refractivity contribution in [3.63, 3.8) is 0 Å². The standard InChI is InChI=1S/C23H18F4O/c1-2-3-5-16-8-10-21(22(24)14-16)19-9-11-20-17(6-4-7-18(20)15-19)12-13-28-23(25,26)27/h4,6-11,14-15H,2-3,5H2,1H3. The number of benzene rings is 3. The van der Waals surface area contributed by atoms with Crippen molar-refractivity contribution in [2.24, 2.45) is 0 Å². The Morgan fingerprint density at radius 2 is 1.82 bits per heavy atom. The van der Waals surface area contributed by atoms with Crippen LogP contribution in [0.4, 0.5) is 17.6 Å². The Hall–Kier alpha value is -3.00. The minimum absolute atomic E-state index is 0.289. The van der Waals surface area contributed by atoms with Gasteiger partial charge in [0, 0.05) is 11.1 Å². The summed E-state index contributed by atoms with van der Waals surface area (Å²) in [7, 11) is 0. The van der Waals surface area contributed by atoms with Gasteiger partial charge in [-0.25, -0.2) is 4.39 Å². The van der Waals surface area contributed by atoms with E-state index in [9.17, 15) is 17.6 Å². The Balaban J connectivity index is 1.93. The molecule has 3 rings (SSSR count). The second-order valence-corrected chi connectivity index (χ2v) is 6.43. The van der Waals surface area contributed by atoms with Crippen molar-refractivity contribution in [1.82, 2.24) is 0 Å². The van der Waals surface area contributed by atoms with Gasteiger partial charge in [0.1, 0.15) is 11.9 Å². The Bertz CT molecular complexity index is 1040. The molecule has 0 N–H and O–H groups in total. The molecule has 28 heavy (non-hydrogen) atoms. The molecule has 0 saturated heterocycles. The minimum atomic E-state index is -4.80. The van der Waals surface area contributed by atoms with Gasteiger partial charge in [0.15, 0.2) is 0 Å². The second kappa shape index (κ2) is 8.35. The van der Waals surface area contributed by atoms with Gasteiger partial charge in [-0.15, -0.1) is 13.2 Å². The molecule has 0 aliphatic heterocycles. The fourth-order valence-electron chi connectivity index (χ4n) is 3.03. The van der Waals surface area contributed by atoms with Crippen LogP contribution in [0, 0.1) is 17.8 Å². The molecule has 144 valence electrons. The maximum atomic E-state index is 14.6. The third-order valence-corrected chi connectivity index (χ3v) is 4.40. The Morgan fingerprint density at radius 3 is 2.54 bits per heavy atom. The number of hydrogen-bond donors (Lipinski definition) is 0. The summed E-state index contributed by atoms with van der Waals surface area (Å²) in [6.07, 6.45) is -0.223. The van der Waals surface area contributed by atoms with Crippen molar-refractivity contribution >= 4 is 10.8 Å². The lowest BCUT2D eigenvalue weighted by molar-refractivity contribution is -0.291. The van der Waals surface area contributed by atoms with Crippen LogP contribution in [0.5, 0.6) is 0 Å². The van der Waals surface area contributed by atoms with Crippen molar-refractivity contribution in [3.8, 4) is 23.2 Å². The van der Waals surface area contributed by atoms with Crippen LogP contribution >= 0.6 is 0 Å². The van der Waals surface area contributed by atoms with Gasteiger partial charge in [0.2, 0.25) is 0 Å². The largest absolute Gasteiger partial charge is 0.581 e. The third kappa shape index (κ3) is 4.83. The molecule has 0 aromatic heterocycles. The highest BCUT2D eigenvalue weighted by atomic mass is 19.4. The van der Waals surface area contributed by atoms with Crippen LogP contribution in [-0.4, -0.2) is 6.36 Å². The van der Waals surface area contributed by atoms with E-state index in [1.54, 1.807) is 48.6 Å². The lowest BCUT2D eigenvalue weighted by Gasteiger charge is -2.09. The van der Waals surface area contributed by atoms with Crippen molar-refractivity contribution in [2.75, 3.05) is 0 Å². The van der Waals surface area contributed by atoms with E-state index in [0.29, 0.717) is 22.1 Å². The molecule has 0 aliphatic rings. The summed E-state index contributed by atoms with van der Waals surface area (Å²) in [5.41, 5.74) is 2.55. The van der Waals surface area contributed by atoms with E-state index >= 15 is 0 Å². The lowest BCUT2D eigenvalue weighted by atomic mass is 9.97. The number of aryl methyl sites for hydroxylation is 1. The van der Waals surface area contributed by atoms with Gasteiger partial charge >= 0.3 is 6.36 Å². The molecule has 0 atom stereocenters. The van der Waals surface area contributed by atoms with Crippen LogP contribution in [0.1, 0.15) is 30.9 Å². The number of unbranched alkanes of at least 4 members (excludes halogenated alkanes) is 1. The average molecular weight is 386 g/mol. The highest BCUT2D eigenvalue weighted by molar-refractivity contribution is 5.91. The molecular formula is C23H18F4O. The van der Waals surface area contributed by atoms with Crippen molar-refractivity contribution in [1.29, 1.82) is 0 Å². The van der Waals surface area contributed by atoms with Gasteiger partial charge in [0.25, 0.3) is 0 Å². The predicted molar refractivity (Wildman–Crippen MR) is 102 cm³/mol. The highest BCUT2D eigenvalue weighted by Crippen LogP contribution is 2.29. The summed E-state index contributed by atoms with van der Waals surface area (Å²) in [6, 6.07) is 15.6. The van der Waals surface area contributed by atoms with Crippen molar-refractivity contribution in [3.05, 3.63) is 71.5 Å². The van der Waals surface area contributed by atoms with E-state index in [0.717, 1.165) is 30.2 Å². The van der Waals surface area contributed by atoms with E-state index in [1.165, 1.54) is 0 Å². The molecule has 0 bridgehead atoms. The van der Waals surface area contributed by atoms with Gasteiger partial charge in [-0.2, -0.15) is 0 Å². The Kier molecular flexibility index (Phi) is 5.89. The van der Waals surface area contributed by atoms with Crippen LogP contribution < -0.4 is 0 Å². The molecule has 5 heteroatoms. The van der Waals surface area contributed by atoms with E-state index in [-0.39, 0.29) is 5.82 Å². The molecule has 0 spiro atoms. The normalized spacial score (nSPS) is 11.2. The topological polar surface area (TPSA) is 9.23 Å². The number of hydrogen-bond acceptors (Lipinski definition) is 1. The summed E-state index contributed by atoms with van der Waals surface area (Å²) in [6.45, 7) is 2.09. The van der Waals surface area contributed by atoms with Crippen LogP contribution in [0.2, 0.25) is 0 Å². The molecule has 1 nitrogen and oxygen atoms in total. The zero-order valence-electron chi connectivity index (χ0n) is 15.2. The number of fused-ring (bicyclic) bond motifs is 1. The maximum Gasteiger partial charge on any atom is 0.581 e. The van der Waals surface area contributed by atoms with Crippen molar-refractivity contribution in [2.45, 2.75) is 32.5 Å². The molecule has 0 unspecified atom stereocenters. The predicted octanol–water partition coefficient (Wildman–Crippen LogP) is 6.83. The SMILES string of the molecule is CCCCc1ccc(-c2ccc3c(C#COC(F)(F)F)cccc3c2)c(F)c1. The summed E-state index contributed by atoms with van der Waals surface area (Å²) in [5.74, 6) is 2.09. The van der Waals surface area contributed by atoms with E-state index in [2.05, 4.69) is 17.6 Å². The summed E-state index contributed by atoms with van der Waals surface area (Å²) in [4.78, 5) is 0. The molecular weight excluding hydrogens is 368 g/mol. The van der Waals surface area contributed by atoms with Crippen LogP contribution in [0.25, 0.3) is 21.9 Å². The first kappa shape index (κ1) is 19.8. The highest BCUT2D eigenvalue weighted by Gasteiger charge is 2.29. The van der Waals surface area contributed by atoms with Gasteiger partial charge in [-0.3, -0.25) is 0 Å². The molecule has 0 radical (unpaired) electrons. The number of rotatable bonds is 4. The molecule has 0 aliphatic carbocycles. The number of halogens is 4. The Morgan fingerprint density at radius 1 is 1.00 bits per heavy atom. The molecule has 0 saturated carbocycles. The van der Waals surface area contributed by atoms with Crippen molar-refractivity contribution < 1.29 is 22.3 Å². The maximum absolute atomic E-state index is 14.6. The van der Waals surface area contributed by atoms with Crippen LogP contribution in [-0.2, 0) is 11.2 Å². The Labute approximate surface area is 160 Å². The average Bonchev–Trinajstić information content (AvgIpc) is 2.65. The molecule has 3 aromatic rings. The fraction of sp³-hybridized carbons (Fsp3) is 0.217. The second-order valence-electron chi connectivity index (χ2n) is 6.43. The minimum Gasteiger partial charge on any atom is -0.352 e. The first-order chi connectivity index (χ1) is 13.4. The number of alkyl halides is 3. The van der Waals surface area contributed by atoms with Gasteiger partial charge in [-0.05, 0) is 58.9 Å². The zero-order valence-corrected chi connectivity index (χ0v) is 15.2. The van der Waals surface area contributed by atoms with Gasteiger partial charge < -0.3 is 4.74 Å². The smallest absolute Gasteiger partial charge is 0.352 e. The monoisotopic (exact) mass is 386 g/mol. The zero-order chi connectivity index (χ0) is 20.1. The van der Waals surface area contributed by atoms with Crippen LogP contribution in [0.3, 0.4) is 0 Å². The molecule has 3 aromatic carbocycles. The van der Waals surface area contributed by atoms with Gasteiger partial charge in [0.05, 0.1) is 0 Å². The first-order valence-electron chi connectivity index (χ1n) is 8.94. The third-order valence-electron chi connectivity index (χ3n) is 4.40. The summed E-state index contributed by atoms with van der Waals surface area (Å²) in [5, 5.41) is 1.43. The van der Waals surface area contributed by atoms with Crippen LogP contribution in [0.15, 0.2) is 54.6 Å². The lowest BCUT2D eigenvalue weighted by Crippen LogP contribution is -2.08. The van der Waals surface area contributed by atoms with E-state index in [1.807, 2.05) is 12.1 Å². The quantitative estimate of drug-likeness (QED) is 0.353. The molecule has 0 heterocycles. The summed E-state index contributed by atoms with van der Waals surface area (Å²) >= 11 is 0. The van der Waals surface area contributed by atoms with E-state index < -0.39 is 6.36 Å². The van der Waals surface area contributed by atoms with E-state index in [4.69, 9.17) is 0 Å². The molecule has 0 amide bonds. The fourth-order valence-corrected chi connectivity index (χ4v) is 3.03. The summed E-state index contributed by atoms with van der Waals surface area (Å²) < 4.78 is 54.4. The number of ether oxygens (including phenoxy) is 1. The first-order valence-corrected chi connectivity index (χ1v) is 8.94. The van der Waals surface area contributed by atoms with Gasteiger partial charge in [-0.1, -0.05) is 49.7 Å².